The van der Waals surface area contributed by atoms with E-state index in [4.69, 9.17) is 9.72 Å². The zero-order chi connectivity index (χ0) is 19.1. The average Bonchev–Trinajstić information content (AvgIpc) is 3.45. The van der Waals surface area contributed by atoms with Crippen molar-refractivity contribution in [3.63, 3.8) is 0 Å². The minimum atomic E-state index is -0.160. The number of thiophene rings is 1. The highest BCUT2D eigenvalue weighted by molar-refractivity contribution is 7.20. The molecule has 3 aromatic rings. The Bertz CT molecular complexity index is 1020. The van der Waals surface area contributed by atoms with Gasteiger partial charge in [0.2, 0.25) is 0 Å². The van der Waals surface area contributed by atoms with E-state index < -0.39 is 0 Å². The summed E-state index contributed by atoms with van der Waals surface area (Å²) in [5, 5.41) is 4.11. The molecule has 1 unspecified atom stereocenters. The molecule has 1 fully saturated rings. The maximum atomic E-state index is 13.0. The van der Waals surface area contributed by atoms with Gasteiger partial charge in [0.15, 0.2) is 0 Å². The van der Waals surface area contributed by atoms with Crippen LogP contribution in [0, 0.1) is 13.8 Å². The van der Waals surface area contributed by atoms with Crippen molar-refractivity contribution in [3.05, 3.63) is 51.8 Å². The largest absolute Gasteiger partial charge is 0.496 e. The first-order valence-corrected chi connectivity index (χ1v) is 10.0. The van der Waals surface area contributed by atoms with Crippen LogP contribution in [0.15, 0.2) is 24.3 Å². The number of nitrogens with zero attached hydrogens (tertiary/aromatic N) is 2. The number of benzene rings is 1. The number of methoxy groups -OCH3 is 1. The molecule has 0 aliphatic heterocycles. The summed E-state index contributed by atoms with van der Waals surface area (Å²) in [5.41, 5.74) is 2.88. The maximum Gasteiger partial charge on any atom is 0.262 e. The molecule has 6 heteroatoms. The molecule has 0 spiro atoms. The number of amides is 1. The summed E-state index contributed by atoms with van der Waals surface area (Å²) >= 11 is 1.46. The molecule has 140 valence electrons. The molecule has 1 aliphatic carbocycles. The normalized spacial score (nSPS) is 15.0. The van der Waals surface area contributed by atoms with Crippen LogP contribution in [0.25, 0.3) is 10.2 Å². The summed E-state index contributed by atoms with van der Waals surface area (Å²) in [7, 11) is 1.64. The number of aromatic nitrogens is 2. The Labute approximate surface area is 162 Å². The third-order valence-corrected chi connectivity index (χ3v) is 6.27. The lowest BCUT2D eigenvalue weighted by Gasteiger charge is -2.17. The molecule has 1 amide bonds. The standard InChI is InChI=1S/C21H23N3O2S/c1-11-17-13(3)22-19(14-9-10-14)24-21(17)27-18(11)20(25)23-12(2)15-7-5-6-8-16(15)26-4/h5-8,12,14H,9-10H2,1-4H3,(H,23,25). The Morgan fingerprint density at radius 2 is 2.00 bits per heavy atom. The Morgan fingerprint density at radius 3 is 2.70 bits per heavy atom. The topological polar surface area (TPSA) is 64.1 Å². The molecule has 0 bridgehead atoms. The van der Waals surface area contributed by atoms with Gasteiger partial charge in [-0.25, -0.2) is 9.97 Å². The SMILES string of the molecule is COc1ccccc1C(C)NC(=O)c1sc2nc(C3CC3)nc(C)c2c1C. The van der Waals surface area contributed by atoms with E-state index in [9.17, 15) is 4.79 Å². The molecule has 4 rings (SSSR count). The van der Waals surface area contributed by atoms with E-state index in [-0.39, 0.29) is 11.9 Å². The van der Waals surface area contributed by atoms with Crippen molar-refractivity contribution < 1.29 is 9.53 Å². The summed E-state index contributed by atoms with van der Waals surface area (Å²) in [6.45, 7) is 5.96. The smallest absolute Gasteiger partial charge is 0.262 e. The Morgan fingerprint density at radius 1 is 1.26 bits per heavy atom. The van der Waals surface area contributed by atoms with E-state index in [0.29, 0.717) is 10.8 Å². The number of hydrogen-bond acceptors (Lipinski definition) is 5. The molecule has 1 atom stereocenters. The minimum absolute atomic E-state index is 0.0821. The monoisotopic (exact) mass is 381 g/mol. The van der Waals surface area contributed by atoms with Crippen LogP contribution in [-0.4, -0.2) is 23.0 Å². The van der Waals surface area contributed by atoms with Crippen molar-refractivity contribution in [2.24, 2.45) is 0 Å². The zero-order valence-electron chi connectivity index (χ0n) is 16.0. The number of fused-ring (bicyclic) bond motifs is 1. The van der Waals surface area contributed by atoms with Crippen LogP contribution >= 0.6 is 11.3 Å². The Hall–Kier alpha value is -2.47. The second kappa shape index (κ2) is 6.93. The summed E-state index contributed by atoms with van der Waals surface area (Å²) in [6.07, 6.45) is 2.33. The van der Waals surface area contributed by atoms with E-state index in [1.54, 1.807) is 7.11 Å². The first kappa shape index (κ1) is 17.9. The third kappa shape index (κ3) is 3.30. The van der Waals surface area contributed by atoms with E-state index in [2.05, 4.69) is 10.3 Å². The molecule has 0 saturated heterocycles. The lowest BCUT2D eigenvalue weighted by atomic mass is 10.1. The van der Waals surface area contributed by atoms with Gasteiger partial charge in [0.05, 0.1) is 23.7 Å². The van der Waals surface area contributed by atoms with Gasteiger partial charge in [-0.15, -0.1) is 11.3 Å². The molecule has 27 heavy (non-hydrogen) atoms. The Balaban J connectivity index is 1.64. The number of carbonyl (C=O) groups is 1. The molecule has 1 aromatic carbocycles. The number of aryl methyl sites for hydroxylation is 2. The van der Waals surface area contributed by atoms with Gasteiger partial charge >= 0.3 is 0 Å². The van der Waals surface area contributed by atoms with Crippen molar-refractivity contribution >= 4 is 27.5 Å². The predicted octanol–water partition coefficient (Wildman–Crippen LogP) is 4.69. The number of nitrogens with one attached hydrogen (secondary N) is 1. The lowest BCUT2D eigenvalue weighted by Crippen LogP contribution is -2.26. The maximum absolute atomic E-state index is 13.0. The van der Waals surface area contributed by atoms with E-state index in [0.717, 1.165) is 38.6 Å². The summed E-state index contributed by atoms with van der Waals surface area (Å²) in [6, 6.07) is 7.59. The van der Waals surface area contributed by atoms with Crippen LogP contribution < -0.4 is 10.1 Å². The van der Waals surface area contributed by atoms with Crippen LogP contribution in [0.4, 0.5) is 0 Å². The molecular weight excluding hydrogens is 358 g/mol. The summed E-state index contributed by atoms with van der Waals surface area (Å²) < 4.78 is 5.42. The quantitative estimate of drug-likeness (QED) is 0.697. The second-order valence-electron chi connectivity index (χ2n) is 7.11. The molecule has 1 N–H and O–H groups in total. The fraction of sp³-hybridized carbons (Fsp3) is 0.381. The molecule has 1 saturated carbocycles. The van der Waals surface area contributed by atoms with Gasteiger partial charge in [-0.1, -0.05) is 18.2 Å². The highest BCUT2D eigenvalue weighted by Crippen LogP contribution is 2.40. The van der Waals surface area contributed by atoms with Gasteiger partial charge in [0, 0.05) is 16.9 Å². The van der Waals surface area contributed by atoms with Crippen molar-refractivity contribution in [2.45, 2.75) is 45.6 Å². The number of hydrogen-bond donors (Lipinski definition) is 1. The van der Waals surface area contributed by atoms with Crippen molar-refractivity contribution in [2.75, 3.05) is 7.11 Å². The van der Waals surface area contributed by atoms with Crippen LogP contribution in [0.5, 0.6) is 5.75 Å². The van der Waals surface area contributed by atoms with E-state index >= 15 is 0 Å². The van der Waals surface area contributed by atoms with Crippen LogP contribution in [0.1, 0.15) is 64.0 Å². The first-order chi connectivity index (χ1) is 13.0. The fourth-order valence-corrected chi connectivity index (χ4v) is 4.61. The molecule has 2 aromatic heterocycles. The highest BCUT2D eigenvalue weighted by atomic mass is 32.1. The van der Waals surface area contributed by atoms with Crippen molar-refractivity contribution in [1.82, 2.24) is 15.3 Å². The molecule has 0 radical (unpaired) electrons. The van der Waals surface area contributed by atoms with Gasteiger partial charge in [0.1, 0.15) is 16.4 Å². The van der Waals surface area contributed by atoms with Crippen LogP contribution in [0.2, 0.25) is 0 Å². The van der Waals surface area contributed by atoms with Crippen LogP contribution in [0.3, 0.4) is 0 Å². The molecule has 5 nitrogen and oxygen atoms in total. The number of rotatable bonds is 5. The van der Waals surface area contributed by atoms with Gasteiger partial charge in [-0.3, -0.25) is 4.79 Å². The highest BCUT2D eigenvalue weighted by Gasteiger charge is 2.28. The molecular formula is C21H23N3O2S. The summed E-state index contributed by atoms with van der Waals surface area (Å²) in [5.74, 6) is 2.12. The van der Waals surface area contributed by atoms with Crippen LogP contribution in [-0.2, 0) is 0 Å². The van der Waals surface area contributed by atoms with E-state index in [1.165, 1.54) is 24.2 Å². The average molecular weight is 382 g/mol. The van der Waals surface area contributed by atoms with Gasteiger partial charge in [-0.2, -0.15) is 0 Å². The first-order valence-electron chi connectivity index (χ1n) is 9.21. The van der Waals surface area contributed by atoms with Gasteiger partial charge < -0.3 is 10.1 Å². The number of para-hydroxylation sites is 1. The molecule has 2 heterocycles. The second-order valence-corrected chi connectivity index (χ2v) is 8.11. The number of ether oxygens (including phenoxy) is 1. The fourth-order valence-electron chi connectivity index (χ4n) is 3.46. The van der Waals surface area contributed by atoms with Gasteiger partial charge in [0.25, 0.3) is 5.91 Å². The zero-order valence-corrected chi connectivity index (χ0v) is 16.8. The predicted molar refractivity (Wildman–Crippen MR) is 108 cm³/mol. The molecule has 1 aliphatic rings. The van der Waals surface area contributed by atoms with Crippen molar-refractivity contribution in [1.29, 1.82) is 0 Å². The summed E-state index contributed by atoms with van der Waals surface area (Å²) in [4.78, 5) is 24.0. The minimum Gasteiger partial charge on any atom is -0.496 e. The van der Waals surface area contributed by atoms with E-state index in [1.807, 2.05) is 45.0 Å². The van der Waals surface area contributed by atoms with Gasteiger partial charge in [-0.05, 0) is 45.2 Å². The van der Waals surface area contributed by atoms with Crippen molar-refractivity contribution in [3.8, 4) is 5.75 Å². The third-order valence-electron chi connectivity index (χ3n) is 5.09. The number of carbonyl (C=O) groups excluding carboxylic acids is 1. The lowest BCUT2D eigenvalue weighted by molar-refractivity contribution is 0.0943. The Kier molecular flexibility index (Phi) is 4.60.